The third kappa shape index (κ3) is 2.75. The van der Waals surface area contributed by atoms with Crippen LogP contribution >= 0.6 is 15.9 Å². The molecule has 0 radical (unpaired) electrons. The summed E-state index contributed by atoms with van der Waals surface area (Å²) in [7, 11) is 1.83. The van der Waals surface area contributed by atoms with E-state index in [-0.39, 0.29) is 18.0 Å². The summed E-state index contributed by atoms with van der Waals surface area (Å²) in [5.74, 6) is 0.194. The van der Waals surface area contributed by atoms with Crippen LogP contribution in [0.25, 0.3) is 0 Å². The van der Waals surface area contributed by atoms with Gasteiger partial charge in [0.15, 0.2) is 0 Å². The summed E-state index contributed by atoms with van der Waals surface area (Å²) in [6, 6.07) is 8.37. The zero-order valence-corrected chi connectivity index (χ0v) is 12.4. The van der Waals surface area contributed by atoms with Gasteiger partial charge in [-0.15, -0.1) is 0 Å². The Balaban J connectivity index is 2.20. The van der Waals surface area contributed by atoms with E-state index in [9.17, 15) is 4.79 Å². The van der Waals surface area contributed by atoms with E-state index in [4.69, 9.17) is 0 Å². The number of nitrogens with zero attached hydrogens (tertiary/aromatic N) is 1. The van der Waals surface area contributed by atoms with Gasteiger partial charge in [-0.3, -0.25) is 4.79 Å². The van der Waals surface area contributed by atoms with Crippen LogP contribution in [0.2, 0.25) is 0 Å². The van der Waals surface area contributed by atoms with Crippen molar-refractivity contribution in [2.45, 2.75) is 31.8 Å². The lowest BCUT2D eigenvalue weighted by Crippen LogP contribution is -2.43. The fraction of sp³-hybridized carbons (Fsp3) is 0.500. The summed E-state index contributed by atoms with van der Waals surface area (Å²) in [6.07, 6.45) is 2.14. The van der Waals surface area contributed by atoms with Gasteiger partial charge >= 0.3 is 0 Å². The highest BCUT2D eigenvalue weighted by Crippen LogP contribution is 2.33. The molecule has 4 heteroatoms. The first-order valence-electron chi connectivity index (χ1n) is 6.36. The maximum atomic E-state index is 12.3. The van der Waals surface area contributed by atoms with E-state index in [1.54, 1.807) is 0 Å². The Labute approximate surface area is 117 Å². The number of nitrogens with one attached hydrogen (secondary N) is 1. The summed E-state index contributed by atoms with van der Waals surface area (Å²) in [5, 5.41) is 3.02. The molecule has 0 saturated carbocycles. The lowest BCUT2D eigenvalue weighted by atomic mass is 10.0. The van der Waals surface area contributed by atoms with Crippen molar-refractivity contribution in [3.8, 4) is 0 Å². The molecule has 2 atom stereocenters. The second-order valence-corrected chi connectivity index (χ2v) is 5.67. The van der Waals surface area contributed by atoms with Gasteiger partial charge in [0.2, 0.25) is 5.91 Å². The number of carbonyl (C=O) groups excluding carboxylic acids is 1. The lowest BCUT2D eigenvalue weighted by Gasteiger charge is -2.27. The minimum absolute atomic E-state index is 0.113. The van der Waals surface area contributed by atoms with Crippen molar-refractivity contribution in [2.75, 3.05) is 13.6 Å². The number of hydrogen-bond donors (Lipinski definition) is 1. The van der Waals surface area contributed by atoms with Crippen molar-refractivity contribution in [2.24, 2.45) is 0 Å². The van der Waals surface area contributed by atoms with Gasteiger partial charge in [0.25, 0.3) is 0 Å². The van der Waals surface area contributed by atoms with Gasteiger partial charge in [0.05, 0.1) is 12.1 Å². The van der Waals surface area contributed by atoms with Crippen molar-refractivity contribution < 1.29 is 4.79 Å². The number of carbonyl (C=O) groups is 1. The van der Waals surface area contributed by atoms with Gasteiger partial charge in [-0.25, -0.2) is 0 Å². The minimum atomic E-state index is -0.113. The van der Waals surface area contributed by atoms with Crippen LogP contribution in [0.1, 0.15) is 31.4 Å². The maximum absolute atomic E-state index is 12.3. The van der Waals surface area contributed by atoms with Gasteiger partial charge in [-0.2, -0.15) is 0 Å². The zero-order chi connectivity index (χ0) is 13.1. The summed E-state index contributed by atoms with van der Waals surface area (Å²) in [4.78, 5) is 14.3. The third-order valence-electron chi connectivity index (χ3n) is 3.57. The average molecular weight is 311 g/mol. The summed E-state index contributed by atoms with van der Waals surface area (Å²) in [5.41, 5.74) is 1.22. The van der Waals surface area contributed by atoms with Crippen LogP contribution in [0.4, 0.5) is 0 Å². The second-order valence-electron chi connectivity index (χ2n) is 4.76. The van der Waals surface area contributed by atoms with E-state index in [2.05, 4.69) is 33.4 Å². The van der Waals surface area contributed by atoms with Crippen molar-refractivity contribution in [1.29, 1.82) is 0 Å². The first kappa shape index (κ1) is 13.6. The third-order valence-corrected chi connectivity index (χ3v) is 4.07. The molecule has 98 valence electrons. The molecule has 1 aromatic rings. The molecule has 1 fully saturated rings. The summed E-state index contributed by atoms with van der Waals surface area (Å²) in [6.45, 7) is 2.78. The molecular formula is C14H19BrN2O. The quantitative estimate of drug-likeness (QED) is 0.931. The molecule has 18 heavy (non-hydrogen) atoms. The molecule has 3 nitrogen and oxygen atoms in total. The number of rotatable bonds is 3. The van der Waals surface area contributed by atoms with Crippen molar-refractivity contribution in [1.82, 2.24) is 10.2 Å². The molecule has 1 aliphatic rings. The highest BCUT2D eigenvalue weighted by Gasteiger charge is 2.31. The van der Waals surface area contributed by atoms with E-state index in [0.29, 0.717) is 0 Å². The van der Waals surface area contributed by atoms with E-state index in [1.165, 1.54) is 5.56 Å². The number of likely N-dealkylation sites (tertiary alicyclic amines) is 1. The Morgan fingerprint density at radius 1 is 1.56 bits per heavy atom. The maximum Gasteiger partial charge on any atom is 0.239 e. The number of likely N-dealkylation sites (N-methyl/N-ethyl adjacent to an activating group) is 1. The van der Waals surface area contributed by atoms with Crippen molar-refractivity contribution >= 4 is 21.8 Å². The molecule has 0 spiro atoms. The van der Waals surface area contributed by atoms with Crippen LogP contribution in [-0.4, -0.2) is 30.4 Å². The Hall–Kier alpha value is -0.870. The predicted octanol–water partition coefficient (Wildman–Crippen LogP) is 2.72. The van der Waals surface area contributed by atoms with E-state index >= 15 is 0 Å². The topological polar surface area (TPSA) is 32.3 Å². The highest BCUT2D eigenvalue weighted by atomic mass is 79.9. The van der Waals surface area contributed by atoms with Crippen LogP contribution in [0.3, 0.4) is 0 Å². The monoisotopic (exact) mass is 310 g/mol. The fourth-order valence-corrected chi connectivity index (χ4v) is 2.88. The largest absolute Gasteiger partial charge is 0.334 e. The molecule has 0 aliphatic carbocycles. The number of halogens is 1. The average Bonchev–Trinajstić information content (AvgIpc) is 2.86. The van der Waals surface area contributed by atoms with Gasteiger partial charge < -0.3 is 10.2 Å². The minimum Gasteiger partial charge on any atom is -0.334 e. The highest BCUT2D eigenvalue weighted by molar-refractivity contribution is 9.10. The van der Waals surface area contributed by atoms with Crippen molar-refractivity contribution in [3.63, 3.8) is 0 Å². The second kappa shape index (κ2) is 5.85. The normalized spacial score (nSPS) is 21.1. The van der Waals surface area contributed by atoms with Crippen LogP contribution in [0.5, 0.6) is 0 Å². The first-order chi connectivity index (χ1) is 8.63. The number of benzene rings is 1. The van der Waals surface area contributed by atoms with Crippen LogP contribution < -0.4 is 5.32 Å². The molecule has 1 saturated heterocycles. The molecule has 1 amide bonds. The van der Waals surface area contributed by atoms with Gasteiger partial charge in [0.1, 0.15) is 0 Å². The molecule has 1 aliphatic heterocycles. The molecule has 1 heterocycles. The Kier molecular flexibility index (Phi) is 4.40. The van der Waals surface area contributed by atoms with Crippen LogP contribution in [0.15, 0.2) is 28.7 Å². The van der Waals surface area contributed by atoms with Gasteiger partial charge in [-0.05, 0) is 44.5 Å². The molecule has 1 aromatic carbocycles. The molecule has 2 unspecified atom stereocenters. The Morgan fingerprint density at radius 3 is 3.00 bits per heavy atom. The number of amides is 1. The number of hydrogen-bond acceptors (Lipinski definition) is 2. The van der Waals surface area contributed by atoms with Crippen LogP contribution in [0, 0.1) is 0 Å². The smallest absolute Gasteiger partial charge is 0.239 e. The fourth-order valence-electron chi connectivity index (χ4n) is 2.46. The molecule has 0 aromatic heterocycles. The first-order valence-corrected chi connectivity index (χ1v) is 7.16. The SMILES string of the molecule is CNC(C)C(=O)N1CCCC1c1cccc(Br)c1. The van der Waals surface area contributed by atoms with Crippen LogP contribution in [-0.2, 0) is 4.79 Å². The lowest BCUT2D eigenvalue weighted by molar-refractivity contribution is -0.133. The molecule has 2 rings (SSSR count). The molecular weight excluding hydrogens is 292 g/mol. The van der Waals surface area contributed by atoms with E-state index < -0.39 is 0 Å². The summed E-state index contributed by atoms with van der Waals surface area (Å²) < 4.78 is 1.07. The van der Waals surface area contributed by atoms with Crippen molar-refractivity contribution in [3.05, 3.63) is 34.3 Å². The molecule has 0 bridgehead atoms. The zero-order valence-electron chi connectivity index (χ0n) is 10.8. The standard InChI is InChI=1S/C14H19BrN2O/c1-10(16-2)14(18)17-8-4-7-13(17)11-5-3-6-12(15)9-11/h3,5-6,9-10,13,16H,4,7-8H2,1-2H3. The molecule has 1 N–H and O–H groups in total. The van der Waals surface area contributed by atoms with Gasteiger partial charge in [0, 0.05) is 11.0 Å². The Morgan fingerprint density at radius 2 is 2.33 bits per heavy atom. The predicted molar refractivity (Wildman–Crippen MR) is 76.4 cm³/mol. The van der Waals surface area contributed by atoms with Gasteiger partial charge in [-0.1, -0.05) is 28.1 Å². The summed E-state index contributed by atoms with van der Waals surface area (Å²) >= 11 is 3.49. The van der Waals surface area contributed by atoms with E-state index in [1.807, 2.05) is 31.0 Å². The van der Waals surface area contributed by atoms with E-state index in [0.717, 1.165) is 23.9 Å². The Bertz CT molecular complexity index is 436.